The Hall–Kier alpha value is -1.79. The zero-order chi connectivity index (χ0) is 15.1. The van der Waals surface area contributed by atoms with Gasteiger partial charge in [-0.3, -0.25) is 15.6 Å². The van der Waals surface area contributed by atoms with E-state index in [1.165, 1.54) is 0 Å². The van der Waals surface area contributed by atoms with Crippen LogP contribution in [0, 0.1) is 19.3 Å². The third-order valence-electron chi connectivity index (χ3n) is 2.90. The molecule has 1 aromatic carbocycles. The lowest BCUT2D eigenvalue weighted by atomic mass is 10.1. The van der Waals surface area contributed by atoms with Crippen LogP contribution >= 0.6 is 12.4 Å². The summed E-state index contributed by atoms with van der Waals surface area (Å²) in [5, 5.41) is 12.6. The molecule has 0 radical (unpaired) electrons. The van der Waals surface area contributed by atoms with Crippen molar-refractivity contribution in [1.82, 2.24) is 10.8 Å². The molecule has 1 atom stereocenters. The van der Waals surface area contributed by atoms with Crippen LogP contribution < -0.4 is 16.1 Å². The molecule has 0 saturated carbocycles. The first kappa shape index (κ1) is 19.2. The Balaban J connectivity index is 0.00000400. The van der Waals surface area contributed by atoms with Crippen LogP contribution in [-0.4, -0.2) is 18.1 Å². The van der Waals surface area contributed by atoms with E-state index in [1.54, 1.807) is 0 Å². The van der Waals surface area contributed by atoms with E-state index in [-0.39, 0.29) is 24.5 Å². The molecule has 0 aromatic heterocycles. The highest BCUT2D eigenvalue weighted by atomic mass is 35.5. The van der Waals surface area contributed by atoms with Gasteiger partial charge >= 0.3 is 6.03 Å². The molecule has 1 rings (SSSR count). The van der Waals surface area contributed by atoms with E-state index in [2.05, 4.69) is 16.1 Å². The number of amides is 2. The molecule has 21 heavy (non-hydrogen) atoms. The molecule has 0 aliphatic rings. The molecule has 2 amide bonds. The number of rotatable bonds is 4. The minimum Gasteiger partial charge on any atom is -0.307 e. The summed E-state index contributed by atoms with van der Waals surface area (Å²) >= 11 is 0. The van der Waals surface area contributed by atoms with E-state index in [0.29, 0.717) is 0 Å². The highest BCUT2D eigenvalue weighted by Crippen LogP contribution is 2.18. The van der Waals surface area contributed by atoms with Crippen LogP contribution in [0.3, 0.4) is 0 Å². The maximum atomic E-state index is 11.8. The molecular weight excluding hydrogens is 292 g/mol. The average Bonchev–Trinajstić information content (AvgIpc) is 2.40. The number of halogens is 1. The number of benzene rings is 1. The Labute approximate surface area is 131 Å². The van der Waals surface area contributed by atoms with E-state index in [0.717, 1.165) is 23.2 Å². The number of urea groups is 1. The fourth-order valence-corrected chi connectivity index (χ4v) is 1.54. The van der Waals surface area contributed by atoms with Crippen LogP contribution in [0.2, 0.25) is 0 Å². The van der Waals surface area contributed by atoms with E-state index in [9.17, 15) is 4.79 Å². The highest BCUT2D eigenvalue weighted by Gasteiger charge is 2.09. The van der Waals surface area contributed by atoms with Crippen molar-refractivity contribution in [1.29, 1.82) is 5.41 Å². The van der Waals surface area contributed by atoms with Gasteiger partial charge in [-0.15, -0.1) is 12.4 Å². The molecule has 0 aliphatic heterocycles. The van der Waals surface area contributed by atoms with Gasteiger partial charge in [0.1, 0.15) is 0 Å². The number of aryl methyl sites for hydroxylation is 2. The van der Waals surface area contributed by atoms with Crippen molar-refractivity contribution >= 4 is 30.1 Å². The lowest BCUT2D eigenvalue weighted by molar-refractivity contribution is 0.0178. The van der Waals surface area contributed by atoms with Crippen molar-refractivity contribution in [3.05, 3.63) is 29.3 Å². The molecule has 0 aliphatic carbocycles. The van der Waals surface area contributed by atoms with E-state index in [1.807, 2.05) is 45.9 Å². The highest BCUT2D eigenvalue weighted by molar-refractivity contribution is 6.01. The van der Waals surface area contributed by atoms with Gasteiger partial charge in [-0.1, -0.05) is 25.1 Å². The summed E-state index contributed by atoms with van der Waals surface area (Å²) in [6.07, 6.45) is 0.785. The Morgan fingerprint density at radius 2 is 1.90 bits per heavy atom. The lowest BCUT2D eigenvalue weighted by Crippen LogP contribution is -2.43. The standard InChI is InChI=1S/C14H22N4O2.ClH/c1-5-11(4)20-18-13(15)17-14(19)16-12-9(2)7-6-8-10(12)3;/h6-8,11H,5H2,1-4H3,(H4,15,16,17,18,19);1H. The molecule has 1 aromatic rings. The summed E-state index contributed by atoms with van der Waals surface area (Å²) in [4.78, 5) is 16.9. The monoisotopic (exact) mass is 314 g/mol. The number of hydroxylamine groups is 1. The lowest BCUT2D eigenvalue weighted by Gasteiger charge is -2.15. The Bertz CT molecular complexity index is 474. The zero-order valence-corrected chi connectivity index (χ0v) is 13.6. The number of guanidine groups is 1. The van der Waals surface area contributed by atoms with Crippen LogP contribution in [0.15, 0.2) is 18.2 Å². The van der Waals surface area contributed by atoms with Crippen LogP contribution in [0.25, 0.3) is 0 Å². The van der Waals surface area contributed by atoms with Gasteiger partial charge in [0.15, 0.2) is 0 Å². The Kier molecular flexibility index (Phi) is 8.42. The molecule has 0 saturated heterocycles. The number of carbonyl (C=O) groups excluding carboxylic acids is 1. The Morgan fingerprint density at radius 1 is 1.33 bits per heavy atom. The number of hydrogen-bond acceptors (Lipinski definition) is 3. The van der Waals surface area contributed by atoms with Gasteiger partial charge in [-0.2, -0.15) is 0 Å². The van der Waals surface area contributed by atoms with Crippen molar-refractivity contribution in [3.63, 3.8) is 0 Å². The number of hydrogen-bond donors (Lipinski definition) is 4. The Morgan fingerprint density at radius 3 is 2.43 bits per heavy atom. The maximum Gasteiger partial charge on any atom is 0.326 e. The van der Waals surface area contributed by atoms with E-state index < -0.39 is 6.03 Å². The predicted molar refractivity (Wildman–Crippen MR) is 87.0 cm³/mol. The fourth-order valence-electron chi connectivity index (χ4n) is 1.54. The molecule has 7 heteroatoms. The minimum absolute atomic E-state index is 0. The number of nitrogens with one attached hydrogen (secondary N) is 4. The van der Waals surface area contributed by atoms with Crippen LogP contribution in [0.4, 0.5) is 10.5 Å². The van der Waals surface area contributed by atoms with Crippen molar-refractivity contribution in [3.8, 4) is 0 Å². The summed E-state index contributed by atoms with van der Waals surface area (Å²) in [6, 6.07) is 5.28. The molecule has 0 heterocycles. The first-order chi connectivity index (χ1) is 9.43. The van der Waals surface area contributed by atoms with Gasteiger partial charge < -0.3 is 5.32 Å². The van der Waals surface area contributed by atoms with Gasteiger partial charge in [0, 0.05) is 5.69 Å². The first-order valence-corrected chi connectivity index (χ1v) is 6.58. The average molecular weight is 315 g/mol. The van der Waals surface area contributed by atoms with Gasteiger partial charge in [-0.25, -0.2) is 10.3 Å². The van der Waals surface area contributed by atoms with Gasteiger partial charge in [0.05, 0.1) is 6.10 Å². The SMILES string of the molecule is CCC(C)ONC(=N)NC(=O)Nc1c(C)cccc1C.Cl. The van der Waals surface area contributed by atoms with Crippen molar-refractivity contribution < 1.29 is 9.63 Å². The van der Waals surface area contributed by atoms with Crippen LogP contribution in [-0.2, 0) is 4.84 Å². The summed E-state index contributed by atoms with van der Waals surface area (Å²) in [6.45, 7) is 7.67. The smallest absolute Gasteiger partial charge is 0.307 e. The molecule has 0 bridgehead atoms. The first-order valence-electron chi connectivity index (χ1n) is 6.58. The molecule has 1 unspecified atom stereocenters. The van der Waals surface area contributed by atoms with Crippen LogP contribution in [0.1, 0.15) is 31.4 Å². The normalized spacial score (nSPS) is 11.0. The topological polar surface area (TPSA) is 86.2 Å². The second-order valence-corrected chi connectivity index (χ2v) is 4.66. The van der Waals surface area contributed by atoms with Crippen molar-refractivity contribution in [2.75, 3.05) is 5.32 Å². The van der Waals surface area contributed by atoms with E-state index in [4.69, 9.17) is 10.2 Å². The summed E-state index contributed by atoms with van der Waals surface area (Å²) in [7, 11) is 0. The third-order valence-corrected chi connectivity index (χ3v) is 2.90. The second kappa shape index (κ2) is 9.20. The van der Waals surface area contributed by atoms with Crippen molar-refractivity contribution in [2.45, 2.75) is 40.2 Å². The quantitative estimate of drug-likeness (QED) is 0.391. The third kappa shape index (κ3) is 6.46. The minimum atomic E-state index is -0.479. The van der Waals surface area contributed by atoms with Crippen molar-refractivity contribution in [2.24, 2.45) is 0 Å². The largest absolute Gasteiger partial charge is 0.326 e. The van der Waals surface area contributed by atoms with Gasteiger partial charge in [0.2, 0.25) is 5.96 Å². The van der Waals surface area contributed by atoms with Gasteiger partial charge in [-0.05, 0) is 38.3 Å². The van der Waals surface area contributed by atoms with Crippen LogP contribution in [0.5, 0.6) is 0 Å². The molecule has 4 N–H and O–H groups in total. The molecule has 118 valence electrons. The summed E-state index contributed by atoms with van der Waals surface area (Å²) < 4.78 is 0. The predicted octanol–water partition coefficient (Wildman–Crippen LogP) is 3.10. The van der Waals surface area contributed by atoms with Gasteiger partial charge in [0.25, 0.3) is 0 Å². The summed E-state index contributed by atoms with van der Waals surface area (Å²) in [5.41, 5.74) is 5.08. The number of para-hydroxylation sites is 1. The second-order valence-electron chi connectivity index (χ2n) is 4.66. The molecular formula is C14H23ClN4O2. The molecule has 0 spiro atoms. The molecule has 0 fully saturated rings. The molecule has 6 nitrogen and oxygen atoms in total. The number of anilines is 1. The fraction of sp³-hybridized carbons (Fsp3) is 0.429. The van der Waals surface area contributed by atoms with E-state index >= 15 is 0 Å². The maximum absolute atomic E-state index is 11.8. The number of carbonyl (C=O) groups is 1. The summed E-state index contributed by atoms with van der Waals surface area (Å²) in [5.74, 6) is -0.200. The zero-order valence-electron chi connectivity index (χ0n) is 12.7.